The van der Waals surface area contributed by atoms with Crippen LogP contribution in [0.3, 0.4) is 0 Å². The summed E-state index contributed by atoms with van der Waals surface area (Å²) in [4.78, 5) is 25.3. The molecule has 2 aliphatic rings. The van der Waals surface area contributed by atoms with Crippen LogP contribution >= 0.6 is 23.5 Å². The SMILES string of the molecule is CC(=NNC(=O)[C@H](C)Sc1nnc(S[C@H](C)C(=O)NN=C(C)c2ccc3c(c2)C[C@@H](C)O3)o1)c1ccc2c(c1)C[C@@H](C)O2. The van der Waals surface area contributed by atoms with Gasteiger partial charge in [0.1, 0.15) is 23.7 Å². The number of aromatic nitrogens is 2. The van der Waals surface area contributed by atoms with E-state index in [1.165, 1.54) is 0 Å². The zero-order chi connectivity index (χ0) is 30.7. The normalized spacial score (nSPS) is 19.1. The number of rotatable bonds is 10. The van der Waals surface area contributed by atoms with Gasteiger partial charge in [0.25, 0.3) is 22.3 Å². The minimum atomic E-state index is -0.545. The predicted molar refractivity (Wildman–Crippen MR) is 166 cm³/mol. The van der Waals surface area contributed by atoms with E-state index in [9.17, 15) is 9.59 Å². The molecule has 0 bridgehead atoms. The molecule has 0 fully saturated rings. The molecule has 2 aromatic carbocycles. The van der Waals surface area contributed by atoms with E-state index in [0.29, 0.717) is 11.4 Å². The fourth-order valence-corrected chi connectivity index (χ4v) is 5.99. The summed E-state index contributed by atoms with van der Waals surface area (Å²) in [7, 11) is 0. The summed E-state index contributed by atoms with van der Waals surface area (Å²) < 4.78 is 17.2. The molecule has 3 aromatic rings. The summed E-state index contributed by atoms with van der Waals surface area (Å²) in [5.74, 6) is 1.18. The summed E-state index contributed by atoms with van der Waals surface area (Å²) in [6.07, 6.45) is 2.02. The molecule has 0 unspecified atom stereocenters. The van der Waals surface area contributed by atoms with Gasteiger partial charge in [-0.1, -0.05) is 23.5 Å². The zero-order valence-electron chi connectivity index (χ0n) is 24.8. The molecule has 5 rings (SSSR count). The van der Waals surface area contributed by atoms with Gasteiger partial charge >= 0.3 is 0 Å². The Bertz CT molecular complexity index is 1470. The van der Waals surface area contributed by atoms with Gasteiger partial charge in [-0.25, -0.2) is 10.9 Å². The van der Waals surface area contributed by atoms with E-state index < -0.39 is 10.5 Å². The summed E-state index contributed by atoms with van der Waals surface area (Å²) in [6.45, 7) is 11.2. The van der Waals surface area contributed by atoms with Gasteiger partial charge in [-0.2, -0.15) is 10.2 Å². The number of ether oxygens (including phenoxy) is 2. The van der Waals surface area contributed by atoms with Crippen molar-refractivity contribution >= 4 is 46.8 Å². The molecule has 2 N–H and O–H groups in total. The Labute approximate surface area is 258 Å². The molecular formula is C30H34N6O5S2. The predicted octanol–water partition coefficient (Wildman–Crippen LogP) is 4.76. The van der Waals surface area contributed by atoms with Gasteiger partial charge in [-0.15, -0.1) is 10.2 Å². The Morgan fingerprint density at radius 1 is 0.791 bits per heavy atom. The number of nitrogens with one attached hydrogen (secondary N) is 2. The van der Waals surface area contributed by atoms with Crippen LogP contribution in [0.2, 0.25) is 0 Å². The van der Waals surface area contributed by atoms with E-state index >= 15 is 0 Å². The number of hydrazone groups is 2. The molecule has 3 heterocycles. The molecule has 0 radical (unpaired) electrons. The number of thioether (sulfide) groups is 2. The molecule has 2 aliphatic heterocycles. The molecule has 11 nitrogen and oxygen atoms in total. The van der Waals surface area contributed by atoms with E-state index in [1.807, 2.05) is 64.1 Å². The lowest BCUT2D eigenvalue weighted by atomic mass is 10.0. The van der Waals surface area contributed by atoms with E-state index in [1.54, 1.807) is 13.8 Å². The number of nitrogens with zero attached hydrogens (tertiary/aromatic N) is 4. The maximum Gasteiger partial charge on any atom is 0.278 e. The van der Waals surface area contributed by atoms with E-state index in [-0.39, 0.29) is 34.5 Å². The van der Waals surface area contributed by atoms with Gasteiger partial charge in [0.05, 0.1) is 21.9 Å². The fourth-order valence-electron chi connectivity index (χ4n) is 4.58. The first-order chi connectivity index (χ1) is 20.5. The van der Waals surface area contributed by atoms with Crippen molar-refractivity contribution in [1.29, 1.82) is 0 Å². The van der Waals surface area contributed by atoms with Crippen molar-refractivity contribution in [3.8, 4) is 11.5 Å². The maximum atomic E-state index is 12.7. The first kappa shape index (κ1) is 30.6. The Hall–Kier alpha value is -3.84. The topological polar surface area (TPSA) is 140 Å². The second-order valence-electron chi connectivity index (χ2n) is 10.6. The van der Waals surface area contributed by atoms with Crippen LogP contribution in [0.1, 0.15) is 63.8 Å². The standard InChI is InChI=1S/C30H34N6O5S2/c1-15-11-23-13-21(7-9-25(23)39-15)17(3)31-33-27(37)19(5)42-29-35-36-30(41-29)43-20(6)28(38)34-32-18(4)22-8-10-26-24(14-22)12-16(2)40-26/h7-10,13-16,19-20H,11-12H2,1-6H3,(H,33,37)(H,34,38)/t15-,16-,19-,20+/m1/s1. The maximum absolute atomic E-state index is 12.7. The van der Waals surface area contributed by atoms with Crippen molar-refractivity contribution in [1.82, 2.24) is 21.0 Å². The highest BCUT2D eigenvalue weighted by Crippen LogP contribution is 2.31. The highest BCUT2D eigenvalue weighted by molar-refractivity contribution is 8.01. The molecule has 2 amide bonds. The van der Waals surface area contributed by atoms with Crippen LogP contribution in [0.15, 0.2) is 61.5 Å². The lowest BCUT2D eigenvalue weighted by molar-refractivity contribution is -0.121. The summed E-state index contributed by atoms with van der Waals surface area (Å²) in [6, 6.07) is 11.8. The second-order valence-corrected chi connectivity index (χ2v) is 13.2. The van der Waals surface area contributed by atoms with Crippen LogP contribution in [0, 0.1) is 0 Å². The van der Waals surface area contributed by atoms with Crippen LogP contribution in [0.5, 0.6) is 11.5 Å². The van der Waals surface area contributed by atoms with E-state index in [0.717, 1.165) is 70.1 Å². The van der Waals surface area contributed by atoms with Crippen LogP contribution in [-0.2, 0) is 22.4 Å². The molecule has 0 spiro atoms. The molecule has 0 saturated heterocycles. The number of amides is 2. The Kier molecular flexibility index (Phi) is 9.40. The third-order valence-electron chi connectivity index (χ3n) is 6.98. The van der Waals surface area contributed by atoms with Gasteiger partial charge in [-0.3, -0.25) is 9.59 Å². The van der Waals surface area contributed by atoms with Gasteiger partial charge in [0.2, 0.25) is 0 Å². The largest absolute Gasteiger partial charge is 0.490 e. The number of fused-ring (bicyclic) bond motifs is 2. The molecule has 0 saturated carbocycles. The van der Waals surface area contributed by atoms with Crippen molar-refractivity contribution in [2.45, 2.75) is 87.5 Å². The summed E-state index contributed by atoms with van der Waals surface area (Å²) in [5.41, 5.74) is 10.7. The average Bonchev–Trinajstić information content (AvgIpc) is 3.69. The fraction of sp³-hybridized carbons (Fsp3) is 0.400. The lowest BCUT2D eigenvalue weighted by Crippen LogP contribution is -2.27. The Balaban J connectivity index is 1.09. The van der Waals surface area contributed by atoms with Gasteiger partial charge in [0, 0.05) is 12.8 Å². The molecule has 4 atom stereocenters. The van der Waals surface area contributed by atoms with Crippen molar-refractivity contribution in [3.05, 3.63) is 58.7 Å². The Morgan fingerprint density at radius 2 is 1.21 bits per heavy atom. The molecular weight excluding hydrogens is 589 g/mol. The van der Waals surface area contributed by atoms with Crippen LogP contribution in [0.25, 0.3) is 0 Å². The third-order valence-corrected chi connectivity index (χ3v) is 8.85. The lowest BCUT2D eigenvalue weighted by Gasteiger charge is -2.09. The highest BCUT2D eigenvalue weighted by atomic mass is 32.2. The summed E-state index contributed by atoms with van der Waals surface area (Å²) >= 11 is 2.22. The van der Waals surface area contributed by atoms with Gasteiger partial charge in [-0.05, 0) is 100 Å². The minimum Gasteiger partial charge on any atom is -0.490 e. The monoisotopic (exact) mass is 622 g/mol. The van der Waals surface area contributed by atoms with Gasteiger partial charge in [0.15, 0.2) is 0 Å². The molecule has 226 valence electrons. The van der Waals surface area contributed by atoms with Crippen LogP contribution < -0.4 is 20.3 Å². The van der Waals surface area contributed by atoms with E-state index in [4.69, 9.17) is 13.9 Å². The molecule has 13 heteroatoms. The number of hydrogen-bond donors (Lipinski definition) is 2. The van der Waals surface area contributed by atoms with Crippen LogP contribution in [-0.4, -0.2) is 56.1 Å². The van der Waals surface area contributed by atoms with Crippen LogP contribution in [0.4, 0.5) is 0 Å². The number of carbonyl (C=O) groups excluding carboxylic acids is 2. The molecule has 0 aliphatic carbocycles. The van der Waals surface area contributed by atoms with Crippen molar-refractivity contribution < 1.29 is 23.5 Å². The number of carbonyl (C=O) groups is 2. The average molecular weight is 623 g/mol. The third kappa shape index (κ3) is 7.57. The number of hydrogen-bond acceptors (Lipinski definition) is 11. The first-order valence-corrected chi connectivity index (χ1v) is 15.8. The summed E-state index contributed by atoms with van der Waals surface area (Å²) in [5, 5.41) is 15.9. The first-order valence-electron chi connectivity index (χ1n) is 14.0. The quantitative estimate of drug-likeness (QED) is 0.186. The molecule has 1 aromatic heterocycles. The van der Waals surface area contributed by atoms with Gasteiger partial charge < -0.3 is 13.9 Å². The highest BCUT2D eigenvalue weighted by Gasteiger charge is 2.23. The van der Waals surface area contributed by atoms with Crippen molar-refractivity contribution in [3.63, 3.8) is 0 Å². The zero-order valence-corrected chi connectivity index (χ0v) is 26.5. The smallest absolute Gasteiger partial charge is 0.278 e. The van der Waals surface area contributed by atoms with Crippen molar-refractivity contribution in [2.24, 2.45) is 10.2 Å². The van der Waals surface area contributed by atoms with Crippen molar-refractivity contribution in [2.75, 3.05) is 0 Å². The molecule has 43 heavy (non-hydrogen) atoms. The number of benzene rings is 2. The second kappa shape index (κ2) is 13.2. The Morgan fingerprint density at radius 3 is 1.63 bits per heavy atom. The van der Waals surface area contributed by atoms with E-state index in [2.05, 4.69) is 31.3 Å². The minimum absolute atomic E-state index is 0.161.